The van der Waals surface area contributed by atoms with Crippen LogP contribution in [0.15, 0.2) is 22.6 Å². The van der Waals surface area contributed by atoms with Gasteiger partial charge in [-0.3, -0.25) is 0 Å². The predicted molar refractivity (Wildman–Crippen MR) is 60.4 cm³/mol. The fourth-order valence-electron chi connectivity index (χ4n) is 1.58. The third kappa shape index (κ3) is 1.80. The minimum atomic E-state index is -0.691. The number of ether oxygens (including phenoxy) is 2. The van der Waals surface area contributed by atoms with Gasteiger partial charge in [-0.25, -0.2) is 4.79 Å². The van der Waals surface area contributed by atoms with Gasteiger partial charge in [-0.05, 0) is 19.1 Å². The molecule has 0 bridgehead atoms. The molecule has 0 saturated heterocycles. The van der Waals surface area contributed by atoms with Gasteiger partial charge in [0.1, 0.15) is 0 Å². The predicted octanol–water partition coefficient (Wildman–Crippen LogP) is 2.32. The molecule has 17 heavy (non-hydrogen) atoms. The van der Waals surface area contributed by atoms with E-state index in [0.29, 0.717) is 16.7 Å². The lowest BCUT2D eigenvalue weighted by molar-refractivity contribution is 0.0488. The van der Waals surface area contributed by atoms with E-state index in [9.17, 15) is 9.90 Å². The second-order valence-electron chi connectivity index (χ2n) is 3.34. The number of carbonyl (C=O) groups is 1. The first kappa shape index (κ1) is 11.3. The molecular formula is C12H12O5. The van der Waals surface area contributed by atoms with Gasteiger partial charge in [0.2, 0.25) is 0 Å². The number of furan rings is 1. The molecule has 0 radical (unpaired) electrons. The molecule has 0 saturated carbocycles. The highest BCUT2D eigenvalue weighted by Crippen LogP contribution is 2.37. The quantitative estimate of drug-likeness (QED) is 0.828. The van der Waals surface area contributed by atoms with Gasteiger partial charge in [0.25, 0.3) is 5.76 Å². The highest BCUT2D eigenvalue weighted by molar-refractivity contribution is 6.00. The van der Waals surface area contributed by atoms with Crippen LogP contribution in [0.25, 0.3) is 11.0 Å². The lowest BCUT2D eigenvalue weighted by Gasteiger charge is -1.98. The van der Waals surface area contributed by atoms with Gasteiger partial charge in [-0.2, -0.15) is 0 Å². The molecule has 0 unspecified atom stereocenters. The third-order valence-electron chi connectivity index (χ3n) is 2.33. The molecule has 0 aliphatic heterocycles. The summed E-state index contributed by atoms with van der Waals surface area (Å²) in [7, 11) is 1.48. The number of fused-ring (bicyclic) bond motifs is 1. The Morgan fingerprint density at radius 1 is 1.47 bits per heavy atom. The SMILES string of the molecule is CCOC(=O)c1oc2c(OC)cccc2c1O. The summed E-state index contributed by atoms with van der Waals surface area (Å²) in [6.07, 6.45) is 0. The van der Waals surface area contributed by atoms with Gasteiger partial charge in [-0.1, -0.05) is 6.07 Å². The number of para-hydroxylation sites is 1. The normalized spacial score (nSPS) is 10.5. The first-order valence-corrected chi connectivity index (χ1v) is 5.14. The first-order valence-electron chi connectivity index (χ1n) is 5.14. The van der Waals surface area contributed by atoms with Gasteiger partial charge in [-0.15, -0.1) is 0 Å². The molecule has 0 spiro atoms. The Bertz CT molecular complexity index is 555. The Kier molecular flexibility index (Phi) is 2.91. The van der Waals surface area contributed by atoms with E-state index in [0.717, 1.165) is 0 Å². The number of esters is 1. The van der Waals surface area contributed by atoms with Crippen LogP contribution in [0.5, 0.6) is 11.5 Å². The van der Waals surface area contributed by atoms with E-state index in [1.54, 1.807) is 25.1 Å². The highest BCUT2D eigenvalue weighted by atomic mass is 16.5. The molecule has 2 aromatic rings. The Morgan fingerprint density at radius 2 is 2.24 bits per heavy atom. The maximum Gasteiger partial charge on any atom is 0.378 e. The number of methoxy groups -OCH3 is 1. The number of aromatic hydroxyl groups is 1. The van der Waals surface area contributed by atoms with Crippen LogP contribution in [0.4, 0.5) is 0 Å². The fraction of sp³-hybridized carbons (Fsp3) is 0.250. The molecule has 0 aliphatic rings. The Labute approximate surface area is 97.6 Å². The molecule has 5 nitrogen and oxygen atoms in total. The summed E-state index contributed by atoms with van der Waals surface area (Å²) in [6, 6.07) is 5.02. The second-order valence-corrected chi connectivity index (χ2v) is 3.34. The van der Waals surface area contributed by atoms with Crippen molar-refractivity contribution in [1.82, 2.24) is 0 Å². The zero-order chi connectivity index (χ0) is 12.4. The van der Waals surface area contributed by atoms with Crippen LogP contribution >= 0.6 is 0 Å². The molecule has 1 aromatic heterocycles. The largest absolute Gasteiger partial charge is 0.504 e. The van der Waals surface area contributed by atoms with E-state index in [1.165, 1.54) is 7.11 Å². The van der Waals surface area contributed by atoms with Crippen molar-refractivity contribution in [3.63, 3.8) is 0 Å². The summed E-state index contributed by atoms with van der Waals surface area (Å²) in [4.78, 5) is 11.5. The average Bonchev–Trinajstić information content (AvgIpc) is 2.67. The zero-order valence-electron chi connectivity index (χ0n) is 9.52. The Balaban J connectivity index is 2.60. The second kappa shape index (κ2) is 4.37. The summed E-state index contributed by atoms with van der Waals surface area (Å²) >= 11 is 0. The van der Waals surface area contributed by atoms with Crippen molar-refractivity contribution < 1.29 is 23.8 Å². The van der Waals surface area contributed by atoms with Crippen LogP contribution in [-0.4, -0.2) is 24.8 Å². The van der Waals surface area contributed by atoms with Crippen LogP contribution in [-0.2, 0) is 4.74 Å². The monoisotopic (exact) mass is 236 g/mol. The maximum absolute atomic E-state index is 11.5. The Hall–Kier alpha value is -2.17. The fourth-order valence-corrected chi connectivity index (χ4v) is 1.58. The molecule has 0 fully saturated rings. The highest BCUT2D eigenvalue weighted by Gasteiger charge is 2.22. The lowest BCUT2D eigenvalue weighted by atomic mass is 10.2. The van der Waals surface area contributed by atoms with Crippen LogP contribution in [0.2, 0.25) is 0 Å². The number of hydrogen-bond donors (Lipinski definition) is 1. The van der Waals surface area contributed by atoms with E-state index in [4.69, 9.17) is 13.9 Å². The summed E-state index contributed by atoms with van der Waals surface area (Å²) in [5.41, 5.74) is 0.329. The van der Waals surface area contributed by atoms with Crippen LogP contribution in [0.3, 0.4) is 0 Å². The number of benzene rings is 1. The van der Waals surface area contributed by atoms with Crippen molar-refractivity contribution in [3.05, 3.63) is 24.0 Å². The molecule has 2 rings (SSSR count). The lowest BCUT2D eigenvalue weighted by Crippen LogP contribution is -2.02. The minimum absolute atomic E-state index is 0.202. The smallest absolute Gasteiger partial charge is 0.378 e. The number of carbonyl (C=O) groups excluding carboxylic acids is 1. The van der Waals surface area contributed by atoms with E-state index in [2.05, 4.69) is 0 Å². The molecule has 0 aliphatic carbocycles. The van der Waals surface area contributed by atoms with Gasteiger partial charge in [0, 0.05) is 0 Å². The number of rotatable bonds is 3. The molecular weight excluding hydrogens is 224 g/mol. The van der Waals surface area contributed by atoms with E-state index in [1.807, 2.05) is 0 Å². The van der Waals surface area contributed by atoms with Gasteiger partial charge < -0.3 is 19.0 Å². The van der Waals surface area contributed by atoms with E-state index >= 15 is 0 Å². The molecule has 90 valence electrons. The molecule has 1 heterocycles. The van der Waals surface area contributed by atoms with Gasteiger partial charge in [0.15, 0.2) is 17.1 Å². The van der Waals surface area contributed by atoms with Crippen molar-refractivity contribution in [1.29, 1.82) is 0 Å². The summed E-state index contributed by atoms with van der Waals surface area (Å²) < 4.78 is 15.1. The third-order valence-corrected chi connectivity index (χ3v) is 2.33. The van der Waals surface area contributed by atoms with Crippen LogP contribution in [0, 0.1) is 0 Å². The van der Waals surface area contributed by atoms with Crippen LogP contribution < -0.4 is 4.74 Å². The molecule has 1 N–H and O–H groups in total. The molecule has 5 heteroatoms. The standard InChI is InChI=1S/C12H12O5/c1-3-16-12(14)11-9(13)7-5-4-6-8(15-2)10(7)17-11/h4-6,13H,3H2,1-2H3. The summed E-state index contributed by atoms with van der Waals surface area (Å²) in [5.74, 6) is -0.666. The van der Waals surface area contributed by atoms with Gasteiger partial charge >= 0.3 is 5.97 Å². The number of hydrogen-bond acceptors (Lipinski definition) is 5. The van der Waals surface area contributed by atoms with Crippen molar-refractivity contribution in [2.45, 2.75) is 6.92 Å². The summed E-state index contributed by atoms with van der Waals surface area (Å²) in [6.45, 7) is 1.89. The molecule has 1 aromatic carbocycles. The minimum Gasteiger partial charge on any atom is -0.504 e. The maximum atomic E-state index is 11.5. The van der Waals surface area contributed by atoms with Crippen molar-refractivity contribution in [2.24, 2.45) is 0 Å². The van der Waals surface area contributed by atoms with E-state index in [-0.39, 0.29) is 18.1 Å². The summed E-state index contributed by atoms with van der Waals surface area (Å²) in [5, 5.41) is 10.3. The Morgan fingerprint density at radius 3 is 2.88 bits per heavy atom. The molecule has 0 amide bonds. The van der Waals surface area contributed by atoms with Gasteiger partial charge in [0.05, 0.1) is 19.1 Å². The average molecular weight is 236 g/mol. The van der Waals surface area contributed by atoms with Crippen molar-refractivity contribution >= 4 is 16.9 Å². The molecule has 0 atom stereocenters. The van der Waals surface area contributed by atoms with Crippen molar-refractivity contribution in [2.75, 3.05) is 13.7 Å². The van der Waals surface area contributed by atoms with Crippen molar-refractivity contribution in [3.8, 4) is 11.5 Å². The first-order chi connectivity index (χ1) is 8.19. The topological polar surface area (TPSA) is 68.9 Å². The zero-order valence-corrected chi connectivity index (χ0v) is 9.52. The van der Waals surface area contributed by atoms with E-state index < -0.39 is 5.97 Å². The van der Waals surface area contributed by atoms with Crippen LogP contribution in [0.1, 0.15) is 17.5 Å².